The van der Waals surface area contributed by atoms with Crippen molar-refractivity contribution >= 4 is 23.1 Å². The van der Waals surface area contributed by atoms with Gasteiger partial charge in [-0.1, -0.05) is 11.6 Å². The smallest absolute Gasteiger partial charge is 0.433 e. The topological polar surface area (TPSA) is 63.8 Å². The molecule has 0 saturated heterocycles. The van der Waals surface area contributed by atoms with Crippen molar-refractivity contribution in [2.24, 2.45) is 0 Å². The molecule has 0 aliphatic heterocycles. The van der Waals surface area contributed by atoms with Gasteiger partial charge in [0.1, 0.15) is 16.5 Å². The molecule has 11 heteroatoms. The molecular weight excluding hydrogens is 327 g/mol. The summed E-state index contributed by atoms with van der Waals surface area (Å²) in [6.45, 7) is -3.35. The Bertz CT molecular complexity index is 713. The van der Waals surface area contributed by atoms with E-state index in [1.807, 2.05) is 0 Å². The van der Waals surface area contributed by atoms with Gasteiger partial charge in [0.15, 0.2) is 5.69 Å². The average molecular weight is 331 g/mol. The summed E-state index contributed by atoms with van der Waals surface area (Å²) in [4.78, 5) is 10.8. The predicted molar refractivity (Wildman–Crippen MR) is 58.8 cm³/mol. The van der Waals surface area contributed by atoms with E-state index in [4.69, 9.17) is 16.7 Å². The van der Waals surface area contributed by atoms with Gasteiger partial charge in [0, 0.05) is 12.1 Å². The monoisotopic (exact) mass is 330 g/mol. The van der Waals surface area contributed by atoms with Gasteiger partial charge in [-0.3, -0.25) is 0 Å². The molecule has 0 aliphatic carbocycles. The SMILES string of the molecule is O=C(O)c1nn2c(C(F)(F)F)cc(OC(F)F)cc2c1Cl. The summed E-state index contributed by atoms with van der Waals surface area (Å²) in [6, 6.07) is 1.01. The number of carboxylic acid groups (broad SMARTS) is 1. The molecule has 0 radical (unpaired) electrons. The Balaban J connectivity index is 2.78. The first-order chi connectivity index (χ1) is 9.61. The van der Waals surface area contributed by atoms with Crippen LogP contribution < -0.4 is 4.74 Å². The van der Waals surface area contributed by atoms with Crippen LogP contribution in [0.1, 0.15) is 16.2 Å². The minimum Gasteiger partial charge on any atom is -0.476 e. The van der Waals surface area contributed by atoms with E-state index in [0.29, 0.717) is 0 Å². The van der Waals surface area contributed by atoms with E-state index in [1.54, 1.807) is 0 Å². The maximum atomic E-state index is 12.9. The molecule has 1 N–H and O–H groups in total. The number of carbonyl (C=O) groups is 1. The van der Waals surface area contributed by atoms with E-state index in [2.05, 4.69) is 9.84 Å². The molecule has 2 rings (SSSR count). The van der Waals surface area contributed by atoms with Crippen LogP contribution in [0, 0.1) is 0 Å². The molecule has 0 aromatic carbocycles. The van der Waals surface area contributed by atoms with Gasteiger partial charge in [-0.05, 0) is 0 Å². The number of rotatable bonds is 3. The normalized spacial score (nSPS) is 12.1. The van der Waals surface area contributed by atoms with Crippen LogP contribution in [0.2, 0.25) is 5.02 Å². The van der Waals surface area contributed by atoms with Crippen LogP contribution >= 0.6 is 11.6 Å². The molecule has 0 unspecified atom stereocenters. The summed E-state index contributed by atoms with van der Waals surface area (Å²) in [5.41, 5.74) is -2.85. The Kier molecular flexibility index (Phi) is 3.66. The van der Waals surface area contributed by atoms with E-state index in [-0.39, 0.29) is 10.6 Å². The lowest BCUT2D eigenvalue weighted by atomic mass is 10.3. The summed E-state index contributed by atoms with van der Waals surface area (Å²) in [5, 5.41) is 11.4. The molecule has 21 heavy (non-hydrogen) atoms. The van der Waals surface area contributed by atoms with Crippen molar-refractivity contribution in [3.8, 4) is 5.75 Å². The lowest BCUT2D eigenvalue weighted by Gasteiger charge is -2.12. The third kappa shape index (κ3) is 2.84. The van der Waals surface area contributed by atoms with Crippen molar-refractivity contribution < 1.29 is 36.6 Å². The minimum absolute atomic E-state index is 0.212. The first-order valence-electron chi connectivity index (χ1n) is 5.09. The van der Waals surface area contributed by atoms with Crippen LogP contribution in [-0.4, -0.2) is 27.3 Å². The fourth-order valence-electron chi connectivity index (χ4n) is 1.60. The molecule has 0 aliphatic rings. The molecule has 2 aromatic heterocycles. The summed E-state index contributed by atoms with van der Waals surface area (Å²) < 4.78 is 67.0. The van der Waals surface area contributed by atoms with E-state index >= 15 is 0 Å². The molecule has 2 aromatic rings. The standard InChI is InChI=1S/C10H4ClF5N2O3/c11-6-4-1-3(21-9(12)13)2-5(10(14,15)16)18(4)17-7(6)8(19)20/h1-2,9H,(H,19,20). The molecule has 0 amide bonds. The highest BCUT2D eigenvalue weighted by Crippen LogP contribution is 2.35. The van der Waals surface area contributed by atoms with E-state index in [0.717, 1.165) is 6.07 Å². The number of fused-ring (bicyclic) bond motifs is 1. The number of ether oxygens (including phenoxy) is 1. The van der Waals surface area contributed by atoms with Crippen molar-refractivity contribution in [1.29, 1.82) is 0 Å². The molecule has 0 saturated carbocycles. The third-order valence-electron chi connectivity index (χ3n) is 2.37. The Hall–Kier alpha value is -2.10. The lowest BCUT2D eigenvalue weighted by Crippen LogP contribution is -2.14. The minimum atomic E-state index is -4.98. The number of nitrogens with zero attached hydrogens (tertiary/aromatic N) is 2. The molecule has 0 fully saturated rings. The molecule has 0 atom stereocenters. The lowest BCUT2D eigenvalue weighted by molar-refractivity contribution is -0.143. The molecule has 0 bridgehead atoms. The number of hydrogen-bond acceptors (Lipinski definition) is 3. The molecular formula is C10H4ClF5N2O3. The van der Waals surface area contributed by atoms with Gasteiger partial charge < -0.3 is 9.84 Å². The second kappa shape index (κ2) is 5.02. The van der Waals surface area contributed by atoms with E-state index in [9.17, 15) is 26.7 Å². The van der Waals surface area contributed by atoms with Gasteiger partial charge in [-0.2, -0.15) is 27.1 Å². The summed E-state index contributed by atoms with van der Waals surface area (Å²) in [6.07, 6.45) is -4.98. The number of carboxylic acids is 1. The predicted octanol–water partition coefficient (Wildman–Crippen LogP) is 3.31. The van der Waals surface area contributed by atoms with Crippen molar-refractivity contribution in [1.82, 2.24) is 9.61 Å². The zero-order valence-corrected chi connectivity index (χ0v) is 10.4. The van der Waals surface area contributed by atoms with Crippen LogP contribution in [-0.2, 0) is 6.18 Å². The number of alkyl halides is 5. The fraction of sp³-hybridized carbons (Fsp3) is 0.200. The van der Waals surface area contributed by atoms with Gasteiger partial charge in [0.25, 0.3) is 0 Å². The fourth-order valence-corrected chi connectivity index (χ4v) is 1.86. The van der Waals surface area contributed by atoms with Crippen molar-refractivity contribution in [2.75, 3.05) is 0 Å². The highest BCUT2D eigenvalue weighted by atomic mass is 35.5. The van der Waals surface area contributed by atoms with Crippen LogP contribution in [0.15, 0.2) is 12.1 Å². The zero-order valence-electron chi connectivity index (χ0n) is 9.66. The maximum absolute atomic E-state index is 12.9. The number of pyridine rings is 1. The molecule has 5 nitrogen and oxygen atoms in total. The second-order valence-corrected chi connectivity index (χ2v) is 4.10. The third-order valence-corrected chi connectivity index (χ3v) is 2.74. The van der Waals surface area contributed by atoms with E-state index in [1.165, 1.54) is 0 Å². The molecule has 2 heterocycles. The van der Waals surface area contributed by atoms with E-state index < -0.39 is 46.4 Å². The van der Waals surface area contributed by atoms with Crippen molar-refractivity contribution in [2.45, 2.75) is 12.8 Å². The summed E-state index contributed by atoms with van der Waals surface area (Å²) in [7, 11) is 0. The van der Waals surface area contributed by atoms with Gasteiger partial charge in [0.2, 0.25) is 0 Å². The number of aromatic carboxylic acids is 1. The van der Waals surface area contributed by atoms with Gasteiger partial charge in [0.05, 0.1) is 5.52 Å². The van der Waals surface area contributed by atoms with Crippen molar-refractivity contribution in [3.05, 3.63) is 28.5 Å². The largest absolute Gasteiger partial charge is 0.476 e. The first-order valence-corrected chi connectivity index (χ1v) is 5.46. The summed E-state index contributed by atoms with van der Waals surface area (Å²) >= 11 is 5.61. The Morgan fingerprint density at radius 1 is 1.38 bits per heavy atom. The van der Waals surface area contributed by atoms with Gasteiger partial charge >= 0.3 is 18.8 Å². The summed E-state index contributed by atoms with van der Waals surface area (Å²) in [5.74, 6) is -2.48. The average Bonchev–Trinajstić information content (AvgIpc) is 2.64. The quantitative estimate of drug-likeness (QED) is 0.877. The Morgan fingerprint density at radius 3 is 2.48 bits per heavy atom. The second-order valence-electron chi connectivity index (χ2n) is 3.72. The highest BCUT2D eigenvalue weighted by molar-refractivity contribution is 6.36. The number of halogens is 6. The van der Waals surface area contributed by atoms with Crippen LogP contribution in [0.5, 0.6) is 5.75 Å². The van der Waals surface area contributed by atoms with Crippen molar-refractivity contribution in [3.63, 3.8) is 0 Å². The number of hydrogen-bond donors (Lipinski definition) is 1. The van der Waals surface area contributed by atoms with Gasteiger partial charge in [-0.15, -0.1) is 0 Å². The first kappa shape index (κ1) is 15.3. The van der Waals surface area contributed by atoms with Crippen LogP contribution in [0.3, 0.4) is 0 Å². The zero-order chi connectivity index (χ0) is 15.9. The Labute approximate surface area is 117 Å². The van der Waals surface area contributed by atoms with Gasteiger partial charge in [-0.25, -0.2) is 9.31 Å². The highest BCUT2D eigenvalue weighted by Gasteiger charge is 2.36. The number of aromatic nitrogens is 2. The molecule has 114 valence electrons. The van der Waals surface area contributed by atoms with Crippen LogP contribution in [0.25, 0.3) is 5.52 Å². The maximum Gasteiger partial charge on any atom is 0.433 e. The molecule has 0 spiro atoms. The Morgan fingerprint density at radius 2 is 2.00 bits per heavy atom. The van der Waals surface area contributed by atoms with Crippen LogP contribution in [0.4, 0.5) is 22.0 Å².